The zero-order valence-electron chi connectivity index (χ0n) is 11.6. The van der Waals surface area contributed by atoms with Crippen LogP contribution < -0.4 is 5.32 Å². The maximum atomic E-state index is 3.77. The van der Waals surface area contributed by atoms with Gasteiger partial charge in [0, 0.05) is 6.04 Å². The van der Waals surface area contributed by atoms with Crippen molar-refractivity contribution < 1.29 is 0 Å². The second-order valence-corrected chi connectivity index (χ2v) is 7.39. The van der Waals surface area contributed by atoms with E-state index >= 15 is 0 Å². The zero-order chi connectivity index (χ0) is 11.8. The molecule has 0 radical (unpaired) electrons. The number of rotatable bonds is 4. The van der Waals surface area contributed by atoms with Crippen LogP contribution in [0.1, 0.15) is 59.8 Å². The predicted molar refractivity (Wildman–Crippen MR) is 70.5 cm³/mol. The molecule has 2 saturated carbocycles. The normalized spacial score (nSPS) is 35.6. The van der Waals surface area contributed by atoms with Crippen molar-refractivity contribution in [3.8, 4) is 0 Å². The second-order valence-electron chi connectivity index (χ2n) is 7.39. The largest absolute Gasteiger partial charge is 0.314 e. The molecule has 1 nitrogen and oxygen atoms in total. The Kier molecular flexibility index (Phi) is 3.63. The average Bonchev–Trinajstić information content (AvgIpc) is 2.76. The van der Waals surface area contributed by atoms with E-state index in [1.807, 2.05) is 0 Å². The van der Waals surface area contributed by atoms with Crippen LogP contribution in [-0.4, -0.2) is 12.6 Å². The first kappa shape index (κ1) is 12.4. The highest BCUT2D eigenvalue weighted by atomic mass is 14.9. The molecule has 2 fully saturated rings. The van der Waals surface area contributed by atoms with Gasteiger partial charge in [-0.1, -0.05) is 27.2 Å². The van der Waals surface area contributed by atoms with Crippen molar-refractivity contribution >= 4 is 0 Å². The molecule has 1 heteroatoms. The fraction of sp³-hybridized carbons (Fsp3) is 1.00. The van der Waals surface area contributed by atoms with E-state index in [0.717, 1.165) is 23.8 Å². The lowest BCUT2D eigenvalue weighted by molar-refractivity contribution is 0.250. The fourth-order valence-corrected chi connectivity index (χ4v) is 3.73. The number of hydrogen-bond donors (Lipinski definition) is 1. The zero-order valence-corrected chi connectivity index (χ0v) is 11.6. The molecular weight excluding hydrogens is 194 g/mol. The molecule has 2 bridgehead atoms. The topological polar surface area (TPSA) is 12.0 Å². The first-order valence-electron chi connectivity index (χ1n) is 7.19. The van der Waals surface area contributed by atoms with Crippen LogP contribution in [-0.2, 0) is 0 Å². The molecular formula is C15H29N. The van der Waals surface area contributed by atoms with E-state index in [2.05, 4.69) is 33.0 Å². The molecule has 2 aliphatic rings. The van der Waals surface area contributed by atoms with E-state index in [4.69, 9.17) is 0 Å². The van der Waals surface area contributed by atoms with Crippen LogP contribution in [0.2, 0.25) is 0 Å². The standard InChI is InChI=1S/C15H29N/c1-11(16-8-7-15(2,3)4)14-10-12-5-6-13(14)9-12/h11-14,16H,5-10H2,1-4H3. The van der Waals surface area contributed by atoms with Gasteiger partial charge in [-0.25, -0.2) is 0 Å². The number of nitrogens with one attached hydrogen (secondary N) is 1. The van der Waals surface area contributed by atoms with E-state index in [1.165, 1.54) is 38.6 Å². The Morgan fingerprint density at radius 3 is 2.44 bits per heavy atom. The summed E-state index contributed by atoms with van der Waals surface area (Å²) >= 11 is 0. The first-order chi connectivity index (χ1) is 7.46. The first-order valence-corrected chi connectivity index (χ1v) is 7.19. The highest BCUT2D eigenvalue weighted by Gasteiger charge is 2.41. The quantitative estimate of drug-likeness (QED) is 0.763. The molecule has 4 unspecified atom stereocenters. The molecule has 94 valence electrons. The minimum atomic E-state index is 0.474. The summed E-state index contributed by atoms with van der Waals surface area (Å²) in [5.74, 6) is 3.13. The van der Waals surface area contributed by atoms with Crippen LogP contribution in [0.4, 0.5) is 0 Å². The average molecular weight is 223 g/mol. The van der Waals surface area contributed by atoms with Crippen molar-refractivity contribution in [1.29, 1.82) is 0 Å². The number of hydrogen-bond acceptors (Lipinski definition) is 1. The van der Waals surface area contributed by atoms with Gasteiger partial charge in [0.05, 0.1) is 0 Å². The van der Waals surface area contributed by atoms with Crippen LogP contribution in [0.25, 0.3) is 0 Å². The molecule has 0 heterocycles. The molecule has 4 atom stereocenters. The van der Waals surface area contributed by atoms with Gasteiger partial charge >= 0.3 is 0 Å². The highest BCUT2D eigenvalue weighted by molar-refractivity contribution is 4.94. The molecule has 0 saturated heterocycles. The summed E-state index contributed by atoms with van der Waals surface area (Å²) in [6, 6.07) is 0.748. The summed E-state index contributed by atoms with van der Waals surface area (Å²) in [6.07, 6.45) is 7.37. The molecule has 2 rings (SSSR count). The third-order valence-electron chi connectivity index (χ3n) is 4.78. The van der Waals surface area contributed by atoms with Crippen molar-refractivity contribution in [2.45, 2.75) is 65.8 Å². The second kappa shape index (κ2) is 4.68. The van der Waals surface area contributed by atoms with Crippen LogP contribution in [0.3, 0.4) is 0 Å². The van der Waals surface area contributed by atoms with E-state index in [-0.39, 0.29) is 0 Å². The van der Waals surface area contributed by atoms with E-state index in [9.17, 15) is 0 Å². The molecule has 0 aromatic rings. The monoisotopic (exact) mass is 223 g/mol. The summed E-state index contributed by atoms with van der Waals surface area (Å²) in [5, 5.41) is 3.77. The van der Waals surface area contributed by atoms with Gasteiger partial charge in [0.1, 0.15) is 0 Å². The molecule has 16 heavy (non-hydrogen) atoms. The summed E-state index contributed by atoms with van der Waals surface area (Å²) in [5.41, 5.74) is 0.474. The fourth-order valence-electron chi connectivity index (χ4n) is 3.73. The molecule has 0 spiro atoms. The van der Waals surface area contributed by atoms with Gasteiger partial charge in [-0.15, -0.1) is 0 Å². The SMILES string of the molecule is CC(NCCC(C)(C)C)C1CC2CCC1C2. The summed E-state index contributed by atoms with van der Waals surface area (Å²) in [7, 11) is 0. The molecule has 2 aliphatic carbocycles. The summed E-state index contributed by atoms with van der Waals surface area (Å²) in [6.45, 7) is 10.6. The van der Waals surface area contributed by atoms with Crippen LogP contribution in [0.5, 0.6) is 0 Å². The third kappa shape index (κ3) is 3.00. The molecule has 0 aliphatic heterocycles. The summed E-state index contributed by atoms with van der Waals surface area (Å²) in [4.78, 5) is 0. The maximum absolute atomic E-state index is 3.77. The Morgan fingerprint density at radius 2 is 1.94 bits per heavy atom. The lowest BCUT2D eigenvalue weighted by Gasteiger charge is -2.29. The van der Waals surface area contributed by atoms with Crippen LogP contribution in [0, 0.1) is 23.2 Å². The van der Waals surface area contributed by atoms with Crippen molar-refractivity contribution in [2.75, 3.05) is 6.54 Å². The molecule has 0 amide bonds. The van der Waals surface area contributed by atoms with Crippen molar-refractivity contribution in [1.82, 2.24) is 5.32 Å². The van der Waals surface area contributed by atoms with E-state index in [1.54, 1.807) is 0 Å². The lowest BCUT2D eigenvalue weighted by atomic mass is 9.83. The van der Waals surface area contributed by atoms with Crippen LogP contribution >= 0.6 is 0 Å². The molecule has 0 aromatic heterocycles. The lowest BCUT2D eigenvalue weighted by Crippen LogP contribution is -2.37. The van der Waals surface area contributed by atoms with Crippen LogP contribution in [0.15, 0.2) is 0 Å². The van der Waals surface area contributed by atoms with Gasteiger partial charge < -0.3 is 5.32 Å². The minimum absolute atomic E-state index is 0.474. The highest BCUT2D eigenvalue weighted by Crippen LogP contribution is 2.49. The van der Waals surface area contributed by atoms with Gasteiger partial charge in [0.2, 0.25) is 0 Å². The van der Waals surface area contributed by atoms with Gasteiger partial charge in [0.25, 0.3) is 0 Å². The number of fused-ring (bicyclic) bond motifs is 2. The Labute approximate surface area is 101 Å². The van der Waals surface area contributed by atoms with Crippen molar-refractivity contribution in [3.63, 3.8) is 0 Å². The van der Waals surface area contributed by atoms with Gasteiger partial charge in [0.15, 0.2) is 0 Å². The minimum Gasteiger partial charge on any atom is -0.314 e. The van der Waals surface area contributed by atoms with Crippen molar-refractivity contribution in [3.05, 3.63) is 0 Å². The Bertz CT molecular complexity index is 228. The smallest absolute Gasteiger partial charge is 0.00697 e. The summed E-state index contributed by atoms with van der Waals surface area (Å²) < 4.78 is 0. The maximum Gasteiger partial charge on any atom is 0.00697 e. The Balaban J connectivity index is 1.70. The Morgan fingerprint density at radius 1 is 1.19 bits per heavy atom. The molecule has 0 aromatic carbocycles. The van der Waals surface area contributed by atoms with E-state index in [0.29, 0.717) is 5.41 Å². The Hall–Kier alpha value is -0.0400. The van der Waals surface area contributed by atoms with Gasteiger partial charge in [-0.2, -0.15) is 0 Å². The predicted octanol–water partition coefficient (Wildman–Crippen LogP) is 3.84. The van der Waals surface area contributed by atoms with Gasteiger partial charge in [-0.3, -0.25) is 0 Å². The van der Waals surface area contributed by atoms with Gasteiger partial charge in [-0.05, 0) is 62.3 Å². The third-order valence-corrected chi connectivity index (χ3v) is 4.78. The molecule has 1 N–H and O–H groups in total. The van der Waals surface area contributed by atoms with E-state index < -0.39 is 0 Å². The van der Waals surface area contributed by atoms with Crippen molar-refractivity contribution in [2.24, 2.45) is 23.2 Å².